The summed E-state index contributed by atoms with van der Waals surface area (Å²) in [5, 5.41) is 0.912. The minimum atomic E-state index is 0.141. The Morgan fingerprint density at radius 1 is 1.29 bits per heavy atom. The average molecular weight is 229 g/mol. The highest BCUT2D eigenvalue weighted by Crippen LogP contribution is 2.59. The van der Waals surface area contributed by atoms with Crippen molar-refractivity contribution in [2.45, 2.75) is 25.6 Å². The highest BCUT2D eigenvalue weighted by molar-refractivity contribution is 6.30. The second kappa shape index (κ2) is 3.43. The standard InChI is InChI=1S/C12H14Cl2/c1-12(2)7-10(12)11(14)8-3-5-9(13)6-4-8/h3-6,10-11H,7H2,1-2H3. The van der Waals surface area contributed by atoms with Crippen LogP contribution in [0, 0.1) is 11.3 Å². The van der Waals surface area contributed by atoms with Gasteiger partial charge in [-0.25, -0.2) is 0 Å². The van der Waals surface area contributed by atoms with Gasteiger partial charge < -0.3 is 0 Å². The molecule has 1 aromatic rings. The lowest BCUT2D eigenvalue weighted by atomic mass is 10.0. The fourth-order valence-electron chi connectivity index (χ4n) is 1.89. The van der Waals surface area contributed by atoms with Crippen molar-refractivity contribution >= 4 is 23.2 Å². The number of hydrogen-bond donors (Lipinski definition) is 0. The summed E-state index contributed by atoms with van der Waals surface area (Å²) in [6, 6.07) is 7.85. The van der Waals surface area contributed by atoms with Gasteiger partial charge in [0, 0.05) is 5.02 Å². The Morgan fingerprint density at radius 3 is 2.21 bits per heavy atom. The fourth-order valence-corrected chi connectivity index (χ4v) is 2.59. The smallest absolute Gasteiger partial charge is 0.0618 e. The molecule has 0 N–H and O–H groups in total. The lowest BCUT2D eigenvalue weighted by Gasteiger charge is -2.11. The van der Waals surface area contributed by atoms with Gasteiger partial charge in [-0.05, 0) is 35.4 Å². The van der Waals surface area contributed by atoms with E-state index in [2.05, 4.69) is 13.8 Å². The topological polar surface area (TPSA) is 0 Å². The number of hydrogen-bond acceptors (Lipinski definition) is 0. The molecule has 0 spiro atoms. The molecule has 2 unspecified atom stereocenters. The predicted octanol–water partition coefficient (Wildman–Crippen LogP) is 4.67. The first-order valence-corrected chi connectivity index (χ1v) is 5.72. The van der Waals surface area contributed by atoms with Crippen molar-refractivity contribution < 1.29 is 0 Å². The van der Waals surface area contributed by atoms with E-state index in [0.717, 1.165) is 5.02 Å². The van der Waals surface area contributed by atoms with Crippen molar-refractivity contribution in [3.63, 3.8) is 0 Å². The van der Waals surface area contributed by atoms with E-state index in [0.29, 0.717) is 11.3 Å². The van der Waals surface area contributed by atoms with Crippen LogP contribution in [0.5, 0.6) is 0 Å². The lowest BCUT2D eigenvalue weighted by Crippen LogP contribution is -1.98. The Bertz CT molecular complexity index is 327. The van der Waals surface area contributed by atoms with Crippen LogP contribution in [0.2, 0.25) is 5.02 Å². The first kappa shape index (κ1) is 10.3. The molecule has 0 aliphatic heterocycles. The number of rotatable bonds is 2. The third kappa shape index (κ3) is 1.92. The molecule has 1 fully saturated rings. The van der Waals surface area contributed by atoms with Crippen LogP contribution < -0.4 is 0 Å². The van der Waals surface area contributed by atoms with Gasteiger partial charge in [0.1, 0.15) is 0 Å². The van der Waals surface area contributed by atoms with Crippen molar-refractivity contribution in [2.75, 3.05) is 0 Å². The molecule has 0 heterocycles. The first-order valence-electron chi connectivity index (χ1n) is 4.90. The normalized spacial score (nSPS) is 25.9. The van der Waals surface area contributed by atoms with E-state index in [1.54, 1.807) is 0 Å². The molecular weight excluding hydrogens is 215 g/mol. The van der Waals surface area contributed by atoms with Gasteiger partial charge in [0.2, 0.25) is 0 Å². The molecular formula is C12H14Cl2. The monoisotopic (exact) mass is 228 g/mol. The molecule has 14 heavy (non-hydrogen) atoms. The molecule has 0 nitrogen and oxygen atoms in total. The van der Waals surface area contributed by atoms with E-state index >= 15 is 0 Å². The second-order valence-electron chi connectivity index (χ2n) is 4.75. The van der Waals surface area contributed by atoms with Crippen molar-refractivity contribution in [1.82, 2.24) is 0 Å². The SMILES string of the molecule is CC1(C)CC1C(Cl)c1ccc(Cl)cc1. The maximum atomic E-state index is 6.40. The molecule has 0 amide bonds. The molecule has 1 saturated carbocycles. The van der Waals surface area contributed by atoms with Gasteiger partial charge >= 0.3 is 0 Å². The van der Waals surface area contributed by atoms with E-state index in [9.17, 15) is 0 Å². The third-order valence-electron chi connectivity index (χ3n) is 3.13. The number of benzene rings is 1. The van der Waals surface area contributed by atoms with Gasteiger partial charge in [-0.2, -0.15) is 0 Å². The Kier molecular flexibility index (Phi) is 2.53. The summed E-state index contributed by atoms with van der Waals surface area (Å²) in [6.07, 6.45) is 1.23. The lowest BCUT2D eigenvalue weighted by molar-refractivity contribution is 0.548. The zero-order valence-electron chi connectivity index (χ0n) is 8.43. The summed E-state index contributed by atoms with van der Waals surface area (Å²) in [7, 11) is 0. The van der Waals surface area contributed by atoms with Crippen LogP contribution in [0.15, 0.2) is 24.3 Å². The van der Waals surface area contributed by atoms with Crippen molar-refractivity contribution in [3.8, 4) is 0 Å². The van der Waals surface area contributed by atoms with Crippen LogP contribution in [0.1, 0.15) is 31.2 Å². The zero-order chi connectivity index (χ0) is 10.3. The summed E-state index contributed by atoms with van der Waals surface area (Å²) < 4.78 is 0. The summed E-state index contributed by atoms with van der Waals surface area (Å²) in [5.41, 5.74) is 1.61. The minimum Gasteiger partial charge on any atom is -0.117 e. The second-order valence-corrected chi connectivity index (χ2v) is 5.66. The van der Waals surface area contributed by atoms with Gasteiger partial charge in [-0.1, -0.05) is 37.6 Å². The van der Waals surface area contributed by atoms with Crippen LogP contribution in [-0.4, -0.2) is 0 Å². The van der Waals surface area contributed by atoms with Crippen LogP contribution >= 0.6 is 23.2 Å². The third-order valence-corrected chi connectivity index (χ3v) is 3.94. The molecule has 76 valence electrons. The Hall–Kier alpha value is -0.200. The summed E-state index contributed by atoms with van der Waals surface area (Å²) >= 11 is 12.2. The fraction of sp³-hybridized carbons (Fsp3) is 0.500. The first-order chi connectivity index (χ1) is 6.50. The van der Waals surface area contributed by atoms with E-state index in [1.807, 2.05) is 24.3 Å². The van der Waals surface area contributed by atoms with Gasteiger partial charge in [0.05, 0.1) is 5.38 Å². The molecule has 2 heteroatoms. The van der Waals surface area contributed by atoms with E-state index in [-0.39, 0.29) is 5.38 Å². The van der Waals surface area contributed by atoms with Crippen molar-refractivity contribution in [3.05, 3.63) is 34.9 Å². The van der Waals surface area contributed by atoms with E-state index < -0.39 is 0 Å². The minimum absolute atomic E-state index is 0.141. The average Bonchev–Trinajstić information content (AvgIpc) is 2.75. The van der Waals surface area contributed by atoms with Gasteiger partial charge in [0.15, 0.2) is 0 Å². The van der Waals surface area contributed by atoms with Crippen LogP contribution in [-0.2, 0) is 0 Å². The van der Waals surface area contributed by atoms with Crippen molar-refractivity contribution in [1.29, 1.82) is 0 Å². The molecule has 1 aliphatic rings. The number of alkyl halides is 1. The highest BCUT2D eigenvalue weighted by atomic mass is 35.5. The molecule has 0 radical (unpaired) electrons. The quantitative estimate of drug-likeness (QED) is 0.646. The van der Waals surface area contributed by atoms with Crippen LogP contribution in [0.3, 0.4) is 0 Å². The summed E-state index contributed by atoms with van der Waals surface area (Å²) in [4.78, 5) is 0. The Morgan fingerprint density at radius 2 is 1.79 bits per heavy atom. The van der Waals surface area contributed by atoms with Crippen molar-refractivity contribution in [2.24, 2.45) is 11.3 Å². The number of halogens is 2. The summed E-state index contributed by atoms with van der Waals surface area (Å²) in [5.74, 6) is 0.616. The molecule has 0 saturated heterocycles. The van der Waals surface area contributed by atoms with E-state index in [1.165, 1.54) is 12.0 Å². The van der Waals surface area contributed by atoms with Gasteiger partial charge in [0.25, 0.3) is 0 Å². The Labute approximate surface area is 95.2 Å². The molecule has 0 bridgehead atoms. The predicted molar refractivity (Wildman–Crippen MR) is 61.9 cm³/mol. The maximum Gasteiger partial charge on any atom is 0.0618 e. The molecule has 1 aromatic carbocycles. The molecule has 2 rings (SSSR count). The summed E-state index contributed by atoms with van der Waals surface area (Å²) in [6.45, 7) is 4.53. The van der Waals surface area contributed by atoms with E-state index in [4.69, 9.17) is 23.2 Å². The maximum absolute atomic E-state index is 6.40. The largest absolute Gasteiger partial charge is 0.117 e. The van der Waals surface area contributed by atoms with Gasteiger partial charge in [-0.3, -0.25) is 0 Å². The Balaban J connectivity index is 2.13. The molecule has 1 aliphatic carbocycles. The zero-order valence-corrected chi connectivity index (χ0v) is 9.94. The van der Waals surface area contributed by atoms with Crippen LogP contribution in [0.25, 0.3) is 0 Å². The molecule has 2 atom stereocenters. The van der Waals surface area contributed by atoms with Crippen LogP contribution in [0.4, 0.5) is 0 Å². The highest BCUT2D eigenvalue weighted by Gasteiger charge is 2.49. The van der Waals surface area contributed by atoms with Gasteiger partial charge in [-0.15, -0.1) is 11.6 Å². The molecule has 0 aromatic heterocycles.